The summed E-state index contributed by atoms with van der Waals surface area (Å²) in [7, 11) is -4.40. The lowest BCUT2D eigenvalue weighted by Gasteiger charge is -2.14. The third-order valence-electron chi connectivity index (χ3n) is 2.44. The first-order valence-electron chi connectivity index (χ1n) is 5.58. The number of carboxylic acids is 1. The highest BCUT2D eigenvalue weighted by molar-refractivity contribution is 9.10. The molecule has 1 atom stereocenters. The Kier molecular flexibility index (Phi) is 5.60. The zero-order valence-electron chi connectivity index (χ0n) is 10.4. The van der Waals surface area contributed by atoms with Gasteiger partial charge >= 0.3 is 5.97 Å². The average molecular weight is 372 g/mol. The number of aliphatic carboxylic acids is 1. The van der Waals surface area contributed by atoms with E-state index in [2.05, 4.69) is 15.9 Å². The highest BCUT2D eigenvalue weighted by atomic mass is 79.9. The van der Waals surface area contributed by atoms with Crippen LogP contribution in [-0.2, 0) is 14.8 Å². The van der Waals surface area contributed by atoms with E-state index < -0.39 is 38.6 Å². The number of hydrogen-bond donors (Lipinski definition) is 2. The van der Waals surface area contributed by atoms with Gasteiger partial charge in [0, 0.05) is 6.07 Å². The fraction of sp³-hybridized carbons (Fsp3) is 0.364. The van der Waals surface area contributed by atoms with E-state index in [1.54, 1.807) is 6.92 Å². The van der Waals surface area contributed by atoms with Gasteiger partial charge in [-0.05, 0) is 28.4 Å². The van der Waals surface area contributed by atoms with Crippen LogP contribution < -0.4 is 4.72 Å². The summed E-state index contributed by atoms with van der Waals surface area (Å²) in [6.45, 7) is 1.68. The molecule has 0 aliphatic rings. The fourth-order valence-electron chi connectivity index (χ4n) is 1.48. The second-order valence-corrected chi connectivity index (χ2v) is 6.53. The van der Waals surface area contributed by atoms with E-state index in [1.165, 1.54) is 0 Å². The molecule has 0 radical (unpaired) electrons. The number of benzene rings is 1. The standard InChI is InChI=1S/C11H12BrF2NO4S/c1-2-3-9(11(16)17)15-20(18,19)10-4-6(12)7(13)5-8(10)14/h4-5,9,15H,2-3H2,1H3,(H,16,17). The number of rotatable bonds is 6. The Balaban J connectivity index is 3.17. The average Bonchev–Trinajstić information content (AvgIpc) is 2.32. The van der Waals surface area contributed by atoms with Crippen LogP contribution >= 0.6 is 15.9 Å². The molecule has 5 nitrogen and oxygen atoms in total. The predicted molar refractivity (Wildman–Crippen MR) is 70.7 cm³/mol. The number of halogens is 3. The van der Waals surface area contributed by atoms with E-state index in [4.69, 9.17) is 5.11 Å². The lowest BCUT2D eigenvalue weighted by Crippen LogP contribution is -2.40. The van der Waals surface area contributed by atoms with Crippen molar-refractivity contribution < 1.29 is 27.1 Å². The molecule has 2 N–H and O–H groups in total. The van der Waals surface area contributed by atoms with Gasteiger partial charge in [-0.3, -0.25) is 4.79 Å². The normalized spacial score (nSPS) is 13.2. The van der Waals surface area contributed by atoms with Crippen LogP contribution in [0.2, 0.25) is 0 Å². The highest BCUT2D eigenvalue weighted by Gasteiger charge is 2.27. The molecule has 1 aromatic rings. The van der Waals surface area contributed by atoms with Crippen LogP contribution in [0, 0.1) is 11.6 Å². The second-order valence-electron chi connectivity index (χ2n) is 4.00. The zero-order chi connectivity index (χ0) is 15.5. The van der Waals surface area contributed by atoms with E-state index in [9.17, 15) is 22.0 Å². The van der Waals surface area contributed by atoms with Gasteiger partial charge in [0.05, 0.1) is 4.47 Å². The molecule has 9 heteroatoms. The van der Waals surface area contributed by atoms with Crippen LogP contribution in [0.25, 0.3) is 0 Å². The van der Waals surface area contributed by atoms with Crippen molar-refractivity contribution in [3.8, 4) is 0 Å². The van der Waals surface area contributed by atoms with Crippen LogP contribution in [0.3, 0.4) is 0 Å². The summed E-state index contributed by atoms with van der Waals surface area (Å²) in [4.78, 5) is 10.1. The number of carboxylic acid groups (broad SMARTS) is 1. The Hall–Kier alpha value is -1.06. The van der Waals surface area contributed by atoms with Crippen molar-refractivity contribution in [3.63, 3.8) is 0 Å². The SMILES string of the molecule is CCCC(NS(=O)(=O)c1cc(Br)c(F)cc1F)C(=O)O. The number of carbonyl (C=O) groups is 1. The summed E-state index contributed by atoms with van der Waals surface area (Å²) < 4.78 is 52.1. The van der Waals surface area contributed by atoms with Crippen molar-refractivity contribution in [2.75, 3.05) is 0 Å². The Morgan fingerprint density at radius 2 is 2.00 bits per heavy atom. The summed E-state index contributed by atoms with van der Waals surface area (Å²) in [6.07, 6.45) is 0.480. The first kappa shape index (κ1) is 17.0. The fourth-order valence-corrected chi connectivity index (χ4v) is 3.29. The van der Waals surface area contributed by atoms with Gasteiger partial charge in [0.2, 0.25) is 10.0 Å². The van der Waals surface area contributed by atoms with Crippen LogP contribution in [-0.4, -0.2) is 25.5 Å². The van der Waals surface area contributed by atoms with E-state index in [-0.39, 0.29) is 10.9 Å². The summed E-state index contributed by atoms with van der Waals surface area (Å²) in [5.74, 6) is -3.61. The van der Waals surface area contributed by atoms with Gasteiger partial charge in [-0.25, -0.2) is 17.2 Å². The maximum atomic E-state index is 13.5. The third kappa shape index (κ3) is 3.97. The molecule has 1 rings (SSSR count). The molecule has 0 amide bonds. The summed E-state index contributed by atoms with van der Waals surface area (Å²) in [5.41, 5.74) is 0. The molecule has 112 valence electrons. The largest absolute Gasteiger partial charge is 0.480 e. The van der Waals surface area contributed by atoms with Gasteiger partial charge in [-0.2, -0.15) is 4.72 Å². The smallest absolute Gasteiger partial charge is 0.321 e. The van der Waals surface area contributed by atoms with Gasteiger partial charge in [0.15, 0.2) is 0 Å². The van der Waals surface area contributed by atoms with E-state index in [0.717, 1.165) is 6.07 Å². The van der Waals surface area contributed by atoms with Gasteiger partial charge in [0.25, 0.3) is 0 Å². The summed E-state index contributed by atoms with van der Waals surface area (Å²) >= 11 is 2.75. The molecule has 0 aliphatic heterocycles. The van der Waals surface area contributed by atoms with Gasteiger partial charge < -0.3 is 5.11 Å². The molecule has 0 aliphatic carbocycles. The zero-order valence-corrected chi connectivity index (χ0v) is 12.8. The number of sulfonamides is 1. The van der Waals surface area contributed by atoms with Crippen LogP contribution in [0.5, 0.6) is 0 Å². The topological polar surface area (TPSA) is 83.5 Å². The van der Waals surface area contributed by atoms with Crippen LogP contribution in [0.4, 0.5) is 8.78 Å². The molecule has 0 spiro atoms. The van der Waals surface area contributed by atoms with E-state index in [0.29, 0.717) is 12.5 Å². The molecule has 0 fully saturated rings. The van der Waals surface area contributed by atoms with E-state index in [1.807, 2.05) is 4.72 Å². The lowest BCUT2D eigenvalue weighted by molar-refractivity contribution is -0.139. The monoisotopic (exact) mass is 371 g/mol. The quantitative estimate of drug-likeness (QED) is 0.751. The first-order valence-corrected chi connectivity index (χ1v) is 7.86. The summed E-state index contributed by atoms with van der Waals surface area (Å²) in [5, 5.41) is 8.89. The minimum absolute atomic E-state index is 0.0541. The molecule has 1 aromatic carbocycles. The van der Waals surface area contributed by atoms with Gasteiger partial charge in [-0.1, -0.05) is 13.3 Å². The first-order chi connectivity index (χ1) is 9.19. The van der Waals surface area contributed by atoms with Crippen molar-refractivity contribution in [1.29, 1.82) is 0 Å². The number of hydrogen-bond acceptors (Lipinski definition) is 3. The van der Waals surface area contributed by atoms with Crippen molar-refractivity contribution in [2.45, 2.75) is 30.7 Å². The van der Waals surface area contributed by atoms with Gasteiger partial charge in [-0.15, -0.1) is 0 Å². The highest BCUT2D eigenvalue weighted by Crippen LogP contribution is 2.23. The van der Waals surface area contributed by atoms with Crippen molar-refractivity contribution >= 4 is 31.9 Å². The molecule has 0 aromatic heterocycles. The minimum Gasteiger partial charge on any atom is -0.480 e. The Bertz CT molecular complexity index is 621. The molecule has 0 saturated heterocycles. The predicted octanol–water partition coefficient (Wildman–Crippen LogP) is 2.26. The maximum Gasteiger partial charge on any atom is 0.321 e. The molecule has 0 heterocycles. The van der Waals surface area contributed by atoms with Crippen molar-refractivity contribution in [2.24, 2.45) is 0 Å². The molecule has 1 unspecified atom stereocenters. The van der Waals surface area contributed by atoms with Crippen LogP contribution in [0.1, 0.15) is 19.8 Å². The summed E-state index contributed by atoms with van der Waals surface area (Å²) in [6, 6.07) is -0.209. The second kappa shape index (κ2) is 6.59. The van der Waals surface area contributed by atoms with Crippen LogP contribution in [0.15, 0.2) is 21.5 Å². The molecule has 0 bridgehead atoms. The minimum atomic E-state index is -4.40. The van der Waals surface area contributed by atoms with E-state index >= 15 is 0 Å². The Morgan fingerprint density at radius 1 is 1.40 bits per heavy atom. The maximum absolute atomic E-state index is 13.5. The Morgan fingerprint density at radius 3 is 2.50 bits per heavy atom. The Labute approximate surface area is 123 Å². The molecular formula is C11H12BrF2NO4S. The molecular weight excluding hydrogens is 360 g/mol. The van der Waals surface area contributed by atoms with Crippen molar-refractivity contribution in [3.05, 3.63) is 28.2 Å². The molecule has 0 saturated carbocycles. The number of nitrogens with one attached hydrogen (secondary N) is 1. The molecule has 20 heavy (non-hydrogen) atoms. The lowest BCUT2D eigenvalue weighted by atomic mass is 10.2. The third-order valence-corrected chi connectivity index (χ3v) is 4.53. The van der Waals surface area contributed by atoms with Crippen molar-refractivity contribution in [1.82, 2.24) is 4.72 Å². The van der Waals surface area contributed by atoms with Gasteiger partial charge in [0.1, 0.15) is 22.6 Å².